The number of hydrogen-bond donors (Lipinski definition) is 1. The Bertz CT molecular complexity index is 853. The summed E-state index contributed by atoms with van der Waals surface area (Å²) in [4.78, 5) is 22.5. The van der Waals surface area contributed by atoms with Gasteiger partial charge in [0.2, 0.25) is 5.95 Å². The number of benzene rings is 2. The van der Waals surface area contributed by atoms with Gasteiger partial charge in [-0.2, -0.15) is 0 Å². The molecule has 1 N–H and O–H groups in total. The normalized spacial score (nSPS) is 10.3. The van der Waals surface area contributed by atoms with Crippen molar-refractivity contribution in [3.8, 4) is 0 Å². The van der Waals surface area contributed by atoms with Gasteiger partial charge in [-0.05, 0) is 35.9 Å². The van der Waals surface area contributed by atoms with Crippen LogP contribution in [0.2, 0.25) is 0 Å². The molecule has 1 heterocycles. The van der Waals surface area contributed by atoms with Crippen molar-refractivity contribution >= 4 is 17.5 Å². The summed E-state index contributed by atoms with van der Waals surface area (Å²) in [5, 5.41) is 2.96. The van der Waals surface area contributed by atoms with Crippen LogP contribution in [0.4, 0.5) is 16.0 Å². The van der Waals surface area contributed by atoms with Crippen LogP contribution in [-0.4, -0.2) is 27.8 Å². The van der Waals surface area contributed by atoms with Gasteiger partial charge in [0.05, 0.1) is 0 Å². The number of hydrogen-bond acceptors (Lipinski definition) is 4. The van der Waals surface area contributed by atoms with Gasteiger partial charge in [0.25, 0.3) is 5.91 Å². The minimum Gasteiger partial charge on any atom is -0.336 e. The molecule has 0 saturated heterocycles. The molecule has 0 atom stereocenters. The Morgan fingerprint density at radius 2 is 1.80 bits per heavy atom. The zero-order valence-electron chi connectivity index (χ0n) is 13.7. The van der Waals surface area contributed by atoms with Gasteiger partial charge in [-0.3, -0.25) is 4.79 Å². The minimum absolute atomic E-state index is 0.201. The van der Waals surface area contributed by atoms with Gasteiger partial charge in [0.1, 0.15) is 11.5 Å². The fourth-order valence-electron chi connectivity index (χ4n) is 2.32. The van der Waals surface area contributed by atoms with Gasteiger partial charge >= 0.3 is 0 Å². The smallest absolute Gasteiger partial charge is 0.272 e. The van der Waals surface area contributed by atoms with E-state index in [2.05, 4.69) is 15.3 Å². The van der Waals surface area contributed by atoms with Crippen LogP contribution >= 0.6 is 0 Å². The van der Waals surface area contributed by atoms with E-state index in [1.807, 2.05) is 30.3 Å². The van der Waals surface area contributed by atoms with E-state index >= 15 is 0 Å². The predicted molar refractivity (Wildman–Crippen MR) is 94.0 cm³/mol. The fourth-order valence-corrected chi connectivity index (χ4v) is 2.32. The second kappa shape index (κ2) is 7.53. The maximum Gasteiger partial charge on any atom is 0.272 e. The summed E-state index contributed by atoms with van der Waals surface area (Å²) in [5.74, 6) is -0.239. The molecule has 3 rings (SSSR count). The van der Waals surface area contributed by atoms with E-state index in [9.17, 15) is 9.18 Å². The lowest BCUT2D eigenvalue weighted by Gasteiger charge is -2.17. The first-order valence-corrected chi connectivity index (χ1v) is 7.77. The second-order valence-corrected chi connectivity index (χ2v) is 5.54. The molecule has 0 fully saturated rings. The van der Waals surface area contributed by atoms with E-state index in [4.69, 9.17) is 0 Å². The van der Waals surface area contributed by atoms with Crippen molar-refractivity contribution in [3.05, 3.63) is 83.9 Å². The second-order valence-electron chi connectivity index (χ2n) is 5.54. The third-order valence-electron chi connectivity index (χ3n) is 3.58. The van der Waals surface area contributed by atoms with Crippen LogP contribution in [0, 0.1) is 5.82 Å². The predicted octanol–water partition coefficient (Wildman–Crippen LogP) is 3.63. The quantitative estimate of drug-likeness (QED) is 0.773. The number of aromatic nitrogens is 2. The summed E-state index contributed by atoms with van der Waals surface area (Å²) in [7, 11) is 1.73. The van der Waals surface area contributed by atoms with E-state index in [1.54, 1.807) is 30.1 Å². The van der Waals surface area contributed by atoms with Gasteiger partial charge in [0.15, 0.2) is 0 Å². The van der Waals surface area contributed by atoms with Crippen molar-refractivity contribution < 1.29 is 9.18 Å². The lowest BCUT2D eigenvalue weighted by molar-refractivity contribution is 0.0779. The SMILES string of the molecule is CN(Cc1ccccc1)C(=O)c1ccnc(Nc2ccc(F)cc2)n1. The Kier molecular flexibility index (Phi) is 4.99. The van der Waals surface area contributed by atoms with Crippen molar-refractivity contribution in [2.24, 2.45) is 0 Å². The zero-order valence-corrected chi connectivity index (χ0v) is 13.7. The topological polar surface area (TPSA) is 58.1 Å². The highest BCUT2D eigenvalue weighted by atomic mass is 19.1. The van der Waals surface area contributed by atoms with E-state index < -0.39 is 0 Å². The van der Waals surface area contributed by atoms with Crippen LogP contribution in [0.3, 0.4) is 0 Å². The van der Waals surface area contributed by atoms with Crippen molar-refractivity contribution in [1.82, 2.24) is 14.9 Å². The highest BCUT2D eigenvalue weighted by molar-refractivity contribution is 5.92. The number of amides is 1. The molecule has 3 aromatic rings. The third kappa shape index (κ3) is 4.38. The molecule has 25 heavy (non-hydrogen) atoms. The Morgan fingerprint density at radius 3 is 2.52 bits per heavy atom. The van der Waals surface area contributed by atoms with Crippen molar-refractivity contribution in [2.45, 2.75) is 6.54 Å². The average Bonchev–Trinajstić information content (AvgIpc) is 2.64. The summed E-state index contributed by atoms with van der Waals surface area (Å²) in [5.41, 5.74) is 1.97. The molecule has 6 heteroatoms. The third-order valence-corrected chi connectivity index (χ3v) is 3.58. The van der Waals surface area contributed by atoms with E-state index in [0.717, 1.165) is 5.56 Å². The first kappa shape index (κ1) is 16.6. The summed E-state index contributed by atoms with van der Waals surface area (Å²) in [6.45, 7) is 0.490. The molecule has 0 aliphatic carbocycles. The molecule has 126 valence electrons. The van der Waals surface area contributed by atoms with Gasteiger partial charge in [-0.15, -0.1) is 0 Å². The molecule has 0 radical (unpaired) electrons. The number of nitrogens with one attached hydrogen (secondary N) is 1. The molecule has 1 amide bonds. The number of rotatable bonds is 5. The molecule has 0 aliphatic heterocycles. The lowest BCUT2D eigenvalue weighted by atomic mass is 10.2. The lowest BCUT2D eigenvalue weighted by Crippen LogP contribution is -2.27. The Morgan fingerprint density at radius 1 is 1.08 bits per heavy atom. The Labute approximate surface area is 145 Å². The van der Waals surface area contributed by atoms with Gasteiger partial charge in [-0.1, -0.05) is 30.3 Å². The first-order chi connectivity index (χ1) is 12.1. The maximum atomic E-state index is 13.0. The van der Waals surface area contributed by atoms with Crippen LogP contribution in [-0.2, 0) is 6.54 Å². The van der Waals surface area contributed by atoms with Gasteiger partial charge in [0, 0.05) is 25.5 Å². The molecule has 2 aromatic carbocycles. The van der Waals surface area contributed by atoms with Crippen molar-refractivity contribution in [3.63, 3.8) is 0 Å². The summed E-state index contributed by atoms with van der Waals surface area (Å²) < 4.78 is 13.0. The number of halogens is 1. The van der Waals surface area contributed by atoms with E-state index in [-0.39, 0.29) is 23.4 Å². The number of carbonyl (C=O) groups is 1. The summed E-state index contributed by atoms with van der Waals surface area (Å²) in [6.07, 6.45) is 1.52. The molecule has 0 spiro atoms. The molecule has 0 aliphatic rings. The number of nitrogens with zero attached hydrogens (tertiary/aromatic N) is 3. The van der Waals surface area contributed by atoms with Crippen LogP contribution in [0.15, 0.2) is 66.9 Å². The highest BCUT2D eigenvalue weighted by Gasteiger charge is 2.14. The Hall–Kier alpha value is -3.28. The Balaban J connectivity index is 1.71. The molecule has 1 aromatic heterocycles. The van der Waals surface area contributed by atoms with E-state index in [1.165, 1.54) is 18.3 Å². The number of carbonyl (C=O) groups excluding carboxylic acids is 1. The molecule has 0 unspecified atom stereocenters. The molecule has 0 bridgehead atoms. The van der Waals surface area contributed by atoms with Gasteiger partial charge in [-0.25, -0.2) is 14.4 Å². The average molecular weight is 336 g/mol. The standard InChI is InChI=1S/C19H17FN4O/c1-24(13-14-5-3-2-4-6-14)18(25)17-11-12-21-19(23-17)22-16-9-7-15(20)8-10-16/h2-12H,13H2,1H3,(H,21,22,23). The zero-order chi connectivity index (χ0) is 17.6. The van der Waals surface area contributed by atoms with Crippen LogP contribution in [0.25, 0.3) is 0 Å². The van der Waals surface area contributed by atoms with Crippen LogP contribution < -0.4 is 5.32 Å². The van der Waals surface area contributed by atoms with Crippen LogP contribution in [0.1, 0.15) is 16.1 Å². The van der Waals surface area contributed by atoms with Crippen molar-refractivity contribution in [1.29, 1.82) is 0 Å². The fraction of sp³-hybridized carbons (Fsp3) is 0.105. The molecular weight excluding hydrogens is 319 g/mol. The minimum atomic E-state index is -0.321. The summed E-state index contributed by atoms with van der Waals surface area (Å²) >= 11 is 0. The maximum absolute atomic E-state index is 13.0. The first-order valence-electron chi connectivity index (χ1n) is 7.77. The molecule has 5 nitrogen and oxygen atoms in total. The largest absolute Gasteiger partial charge is 0.336 e. The van der Waals surface area contributed by atoms with Gasteiger partial charge < -0.3 is 10.2 Å². The van der Waals surface area contributed by atoms with Crippen LogP contribution in [0.5, 0.6) is 0 Å². The van der Waals surface area contributed by atoms with Crippen molar-refractivity contribution in [2.75, 3.05) is 12.4 Å². The summed E-state index contributed by atoms with van der Waals surface area (Å²) in [6, 6.07) is 17.1. The molecule has 0 saturated carbocycles. The monoisotopic (exact) mass is 336 g/mol. The van der Waals surface area contributed by atoms with E-state index in [0.29, 0.717) is 12.2 Å². The number of anilines is 2. The highest BCUT2D eigenvalue weighted by Crippen LogP contribution is 2.14. The molecular formula is C19H17FN4O.